The van der Waals surface area contributed by atoms with Crippen LogP contribution in [0.5, 0.6) is 0 Å². The Labute approximate surface area is 156 Å². The molecule has 0 aliphatic heterocycles. The first-order chi connectivity index (χ1) is 12.7. The van der Waals surface area contributed by atoms with Gasteiger partial charge in [-0.1, -0.05) is 12.1 Å². The van der Waals surface area contributed by atoms with Crippen molar-refractivity contribution < 1.29 is 16.8 Å². The van der Waals surface area contributed by atoms with E-state index in [0.717, 1.165) is 6.20 Å². The Morgan fingerprint density at radius 2 is 1.56 bits per heavy atom. The molecule has 27 heavy (non-hydrogen) atoms. The third kappa shape index (κ3) is 5.05. The summed E-state index contributed by atoms with van der Waals surface area (Å²) in [6, 6.07) is 14.0. The highest BCUT2D eigenvalue weighted by Gasteiger charge is 2.18. The van der Waals surface area contributed by atoms with Gasteiger partial charge in [-0.05, 0) is 36.4 Å². The Hall–Kier alpha value is -3.38. The molecule has 0 aromatic heterocycles. The maximum atomic E-state index is 12.6. The van der Waals surface area contributed by atoms with Gasteiger partial charge in [0.1, 0.15) is 22.6 Å². The number of nitrogens with zero attached hydrogens (tertiary/aromatic N) is 2. The number of sulfonamides is 2. The topological polar surface area (TPSA) is 166 Å². The molecule has 0 atom stereocenters. The molecule has 9 nitrogen and oxygen atoms in total. The zero-order chi connectivity index (χ0) is 20.1. The Bertz CT molecular complexity index is 1160. The molecule has 138 valence electrons. The van der Waals surface area contributed by atoms with Crippen LogP contribution in [0.15, 0.2) is 70.1 Å². The Morgan fingerprint density at radius 1 is 0.963 bits per heavy atom. The summed E-state index contributed by atoms with van der Waals surface area (Å²) in [6.45, 7) is 0. The van der Waals surface area contributed by atoms with Gasteiger partial charge < -0.3 is 5.32 Å². The molecule has 2 aromatic rings. The lowest BCUT2D eigenvalue weighted by Gasteiger charge is -2.12. The second-order valence-electron chi connectivity index (χ2n) is 5.10. The number of hydrogen-bond donors (Lipinski definition) is 3. The molecule has 0 aliphatic carbocycles. The predicted molar refractivity (Wildman–Crippen MR) is 98.0 cm³/mol. The van der Waals surface area contributed by atoms with Crippen LogP contribution in [0, 0.1) is 22.7 Å². The molecular weight excluding hydrogens is 390 g/mol. The van der Waals surface area contributed by atoms with Gasteiger partial charge in [-0.15, -0.1) is 0 Å². The highest BCUT2D eigenvalue weighted by atomic mass is 32.2. The van der Waals surface area contributed by atoms with Crippen molar-refractivity contribution in [3.63, 3.8) is 0 Å². The zero-order valence-electron chi connectivity index (χ0n) is 13.6. The highest BCUT2D eigenvalue weighted by molar-refractivity contribution is 7.93. The fourth-order valence-corrected chi connectivity index (χ4v) is 3.73. The molecule has 0 fully saturated rings. The van der Waals surface area contributed by atoms with Crippen molar-refractivity contribution in [1.82, 2.24) is 0 Å². The van der Waals surface area contributed by atoms with E-state index < -0.39 is 20.0 Å². The maximum absolute atomic E-state index is 12.6. The average Bonchev–Trinajstić information content (AvgIpc) is 2.62. The van der Waals surface area contributed by atoms with E-state index >= 15 is 0 Å². The minimum absolute atomic E-state index is 0.127. The van der Waals surface area contributed by atoms with E-state index in [4.69, 9.17) is 15.7 Å². The van der Waals surface area contributed by atoms with Crippen LogP contribution in [-0.4, -0.2) is 16.8 Å². The molecule has 2 aromatic carbocycles. The van der Waals surface area contributed by atoms with Crippen molar-refractivity contribution in [3.05, 3.63) is 60.3 Å². The largest absolute Gasteiger partial charge is 0.359 e. The van der Waals surface area contributed by atoms with Gasteiger partial charge in [0.2, 0.25) is 10.0 Å². The van der Waals surface area contributed by atoms with Crippen LogP contribution in [0.25, 0.3) is 0 Å². The summed E-state index contributed by atoms with van der Waals surface area (Å²) in [5.41, 5.74) is 0.0467. The normalized spacial score (nSPS) is 10.9. The number of hydrogen-bond acceptors (Lipinski definition) is 7. The molecule has 0 radical (unpaired) electrons. The fourth-order valence-electron chi connectivity index (χ4n) is 1.98. The summed E-state index contributed by atoms with van der Waals surface area (Å²) in [7, 11) is -7.93. The Morgan fingerprint density at radius 3 is 2.11 bits per heavy atom. The van der Waals surface area contributed by atoms with E-state index in [2.05, 4.69) is 10.0 Å². The van der Waals surface area contributed by atoms with Crippen LogP contribution >= 0.6 is 0 Å². The van der Waals surface area contributed by atoms with Gasteiger partial charge >= 0.3 is 0 Å². The molecule has 0 unspecified atom stereocenters. The molecule has 2 rings (SSSR count). The van der Waals surface area contributed by atoms with Gasteiger partial charge in [0.25, 0.3) is 10.0 Å². The second kappa shape index (κ2) is 7.88. The summed E-state index contributed by atoms with van der Waals surface area (Å²) in [4.78, 5) is -0.287. The highest BCUT2D eigenvalue weighted by Crippen LogP contribution is 2.24. The van der Waals surface area contributed by atoms with Crippen LogP contribution in [0.2, 0.25) is 0 Å². The standard InChI is InChI=1S/C16H13N5O4S2/c17-9-12(10-18)11-20-15-3-1-2-4-16(15)27(24,25)21-13-5-7-14(8-6-13)26(19,22)23/h1-8,11,20-21H,(H2,19,22,23). The van der Waals surface area contributed by atoms with E-state index in [0.29, 0.717) is 0 Å². The van der Waals surface area contributed by atoms with E-state index in [1.165, 1.54) is 42.5 Å². The number of anilines is 2. The summed E-state index contributed by atoms with van der Waals surface area (Å²) >= 11 is 0. The molecule has 0 spiro atoms. The molecule has 0 heterocycles. The van der Waals surface area contributed by atoms with Gasteiger partial charge in [0, 0.05) is 11.9 Å². The van der Waals surface area contributed by atoms with Gasteiger partial charge in [-0.3, -0.25) is 4.72 Å². The maximum Gasteiger partial charge on any atom is 0.263 e. The number of allylic oxidation sites excluding steroid dienone is 1. The lowest BCUT2D eigenvalue weighted by atomic mass is 10.3. The van der Waals surface area contributed by atoms with Crippen molar-refractivity contribution in [2.24, 2.45) is 5.14 Å². The monoisotopic (exact) mass is 403 g/mol. The molecular formula is C16H13N5O4S2. The predicted octanol–water partition coefficient (Wildman–Crippen LogP) is 1.48. The lowest BCUT2D eigenvalue weighted by Crippen LogP contribution is -2.15. The lowest BCUT2D eigenvalue weighted by molar-refractivity contribution is 0.597. The first-order valence-electron chi connectivity index (χ1n) is 7.19. The van der Waals surface area contributed by atoms with Crippen LogP contribution < -0.4 is 15.2 Å². The molecule has 0 saturated heterocycles. The summed E-state index contributed by atoms with van der Waals surface area (Å²) in [5, 5.41) is 25.1. The summed E-state index contributed by atoms with van der Waals surface area (Å²) in [6.07, 6.45) is 1.09. The van der Waals surface area contributed by atoms with Crippen molar-refractivity contribution in [2.75, 3.05) is 10.0 Å². The zero-order valence-corrected chi connectivity index (χ0v) is 15.3. The minimum Gasteiger partial charge on any atom is -0.359 e. The van der Waals surface area contributed by atoms with Gasteiger partial charge in [0.15, 0.2) is 0 Å². The van der Waals surface area contributed by atoms with Crippen LogP contribution in [0.1, 0.15) is 0 Å². The van der Waals surface area contributed by atoms with Crippen LogP contribution in [-0.2, 0) is 20.0 Å². The van der Waals surface area contributed by atoms with E-state index in [1.54, 1.807) is 18.2 Å². The molecule has 0 bridgehead atoms. The number of primary sulfonamides is 1. The summed E-state index contributed by atoms with van der Waals surface area (Å²) < 4.78 is 50.1. The number of benzene rings is 2. The smallest absolute Gasteiger partial charge is 0.263 e. The van der Waals surface area contributed by atoms with Crippen molar-refractivity contribution in [1.29, 1.82) is 10.5 Å². The number of rotatable bonds is 6. The third-order valence-corrected chi connectivity index (χ3v) is 5.59. The molecule has 0 amide bonds. The van der Waals surface area contributed by atoms with E-state index in [9.17, 15) is 16.8 Å². The SMILES string of the molecule is N#CC(C#N)=CNc1ccccc1S(=O)(=O)Nc1ccc(S(N)(=O)=O)cc1. The number of para-hydroxylation sites is 1. The second-order valence-corrected chi connectivity index (χ2v) is 8.31. The van der Waals surface area contributed by atoms with Crippen molar-refractivity contribution in [3.8, 4) is 12.1 Å². The average molecular weight is 403 g/mol. The molecule has 0 saturated carbocycles. The third-order valence-electron chi connectivity index (χ3n) is 3.22. The van der Waals surface area contributed by atoms with Crippen molar-refractivity contribution >= 4 is 31.4 Å². The summed E-state index contributed by atoms with van der Waals surface area (Å²) in [5.74, 6) is 0. The van der Waals surface area contributed by atoms with Crippen molar-refractivity contribution in [2.45, 2.75) is 9.79 Å². The minimum atomic E-state index is -4.04. The molecule has 11 heteroatoms. The molecule has 0 aliphatic rings. The first-order valence-corrected chi connectivity index (χ1v) is 10.2. The fraction of sp³-hybridized carbons (Fsp3) is 0. The number of nitrogens with two attached hydrogens (primary N) is 1. The number of nitriles is 2. The van der Waals surface area contributed by atoms with E-state index in [1.807, 2.05) is 0 Å². The Kier molecular flexibility index (Phi) is 5.82. The van der Waals surface area contributed by atoms with Crippen LogP contribution in [0.4, 0.5) is 11.4 Å². The quantitative estimate of drug-likeness (QED) is 0.614. The number of nitrogens with one attached hydrogen (secondary N) is 2. The van der Waals surface area contributed by atoms with Gasteiger partial charge in [-0.25, -0.2) is 22.0 Å². The van der Waals surface area contributed by atoms with Gasteiger partial charge in [-0.2, -0.15) is 10.5 Å². The molecule has 4 N–H and O–H groups in total. The van der Waals surface area contributed by atoms with E-state index in [-0.39, 0.29) is 26.7 Å². The first kappa shape index (κ1) is 19.9. The Balaban J connectivity index is 2.34. The van der Waals surface area contributed by atoms with Gasteiger partial charge in [0.05, 0.1) is 10.6 Å². The van der Waals surface area contributed by atoms with Crippen LogP contribution in [0.3, 0.4) is 0 Å².